The second-order valence-corrected chi connectivity index (χ2v) is 15.8. The fourth-order valence-electron chi connectivity index (χ4n) is 9.08. The van der Waals surface area contributed by atoms with Crippen molar-refractivity contribution in [3.63, 3.8) is 0 Å². The van der Waals surface area contributed by atoms with Gasteiger partial charge in [-0.05, 0) is 81.8 Å². The number of nitrogens with zero attached hydrogens (tertiary/aromatic N) is 7. The van der Waals surface area contributed by atoms with Crippen LogP contribution in [-0.2, 0) is 22.8 Å². The first kappa shape index (κ1) is 40.0. The highest BCUT2D eigenvalue weighted by Gasteiger charge is 2.37. The second kappa shape index (κ2) is 15.8. The summed E-state index contributed by atoms with van der Waals surface area (Å²) in [5.41, 5.74) is 0.943. The number of imide groups is 1. The van der Waals surface area contributed by atoms with Crippen LogP contribution in [0.3, 0.4) is 0 Å². The zero-order valence-electron chi connectivity index (χ0n) is 32.8. The number of para-hydroxylation sites is 1. The number of hydrogen-bond donors (Lipinski definition) is 2. The predicted molar refractivity (Wildman–Crippen MR) is 211 cm³/mol. The number of benzene rings is 2. The van der Waals surface area contributed by atoms with Gasteiger partial charge in [-0.15, -0.1) is 0 Å². The molecule has 8 rings (SSSR count). The Morgan fingerprint density at radius 2 is 1.80 bits per heavy atom. The number of carbonyl (C=O) groups excluding carboxylic acids is 3. The van der Waals surface area contributed by atoms with E-state index in [1.54, 1.807) is 25.2 Å². The maximum absolute atomic E-state index is 16.1. The number of rotatable bonds is 9. The fourth-order valence-corrected chi connectivity index (χ4v) is 9.08. The Bertz CT molecular complexity index is 2490. The second-order valence-electron chi connectivity index (χ2n) is 15.8. The number of hydrogen-bond acceptors (Lipinski definition) is 9. The number of methoxy groups -OCH3 is 1. The fraction of sp³-hybridized carbons (Fsp3) is 0.463. The molecule has 3 aromatic heterocycles. The van der Waals surface area contributed by atoms with E-state index in [9.17, 15) is 32.3 Å². The van der Waals surface area contributed by atoms with Crippen LogP contribution in [0.25, 0.3) is 21.9 Å². The molecule has 2 aromatic carbocycles. The quantitative estimate of drug-likeness (QED) is 0.143. The molecule has 2 saturated heterocycles. The van der Waals surface area contributed by atoms with Crippen molar-refractivity contribution in [2.45, 2.75) is 75.4 Å². The highest BCUT2D eigenvalue weighted by Crippen LogP contribution is 2.37. The van der Waals surface area contributed by atoms with Gasteiger partial charge in [-0.3, -0.25) is 33.5 Å². The van der Waals surface area contributed by atoms with E-state index in [1.165, 1.54) is 22.3 Å². The summed E-state index contributed by atoms with van der Waals surface area (Å²) in [6.07, 6.45) is 0.628. The van der Waals surface area contributed by atoms with Gasteiger partial charge in [0, 0.05) is 50.2 Å². The van der Waals surface area contributed by atoms with Crippen LogP contribution in [0.5, 0.6) is 5.75 Å². The topological polar surface area (TPSA) is 149 Å². The maximum Gasteiger partial charge on any atom is 0.433 e. The zero-order valence-corrected chi connectivity index (χ0v) is 32.8. The summed E-state index contributed by atoms with van der Waals surface area (Å²) in [5.74, 6) is -0.993. The standard InChI is InChI=1S/C41H45F4N9O5/c1-50(30-16-17-52(22-26(30)42)31-7-5-8-32-37(31)51(2)40(58)54(32)33-14-15-36(55)48-39(33)57)20-23-10-12-25(13-11-23)53-21-24-18-29(34(59-3)19-28(24)49-53)47-38(56)27-6-4-9-35(46-27)41(43,44)45/h4-9,18-19,21,23,25-26,30,33H,10-17,20,22H2,1-3H3,(H,47,56)(H,48,55,57)/t23?,25?,26-,30-,33?/m1/s1. The van der Waals surface area contributed by atoms with E-state index in [0.717, 1.165) is 55.4 Å². The van der Waals surface area contributed by atoms with Crippen LogP contribution in [0.4, 0.5) is 28.9 Å². The van der Waals surface area contributed by atoms with Gasteiger partial charge in [-0.25, -0.2) is 14.2 Å². The Kier molecular flexibility index (Phi) is 10.7. The van der Waals surface area contributed by atoms with Crippen molar-refractivity contribution in [1.29, 1.82) is 0 Å². The van der Waals surface area contributed by atoms with Crippen LogP contribution < -0.4 is 26.0 Å². The highest BCUT2D eigenvalue weighted by atomic mass is 19.4. The minimum absolute atomic E-state index is 0.128. The number of aryl methyl sites for hydroxylation is 1. The molecule has 18 heteroatoms. The van der Waals surface area contributed by atoms with Gasteiger partial charge in [0.2, 0.25) is 11.8 Å². The van der Waals surface area contributed by atoms with E-state index in [4.69, 9.17) is 9.84 Å². The summed E-state index contributed by atoms with van der Waals surface area (Å²) >= 11 is 0. The van der Waals surface area contributed by atoms with Crippen molar-refractivity contribution < 1.29 is 36.7 Å². The molecule has 2 aliphatic heterocycles. The van der Waals surface area contributed by atoms with Crippen LogP contribution in [0.1, 0.15) is 73.2 Å². The molecule has 59 heavy (non-hydrogen) atoms. The Morgan fingerprint density at radius 1 is 1.03 bits per heavy atom. The van der Waals surface area contributed by atoms with E-state index in [2.05, 4.69) is 20.5 Å². The number of aromatic nitrogens is 5. The minimum Gasteiger partial charge on any atom is -0.494 e. The third-order valence-electron chi connectivity index (χ3n) is 12.1. The molecule has 1 unspecified atom stereocenters. The van der Waals surface area contributed by atoms with Crippen LogP contribution in [0.2, 0.25) is 0 Å². The van der Waals surface area contributed by atoms with Gasteiger partial charge >= 0.3 is 11.9 Å². The number of fused-ring (bicyclic) bond motifs is 2. The lowest BCUT2D eigenvalue weighted by Gasteiger charge is -2.42. The lowest BCUT2D eigenvalue weighted by atomic mass is 9.85. The third-order valence-corrected chi connectivity index (χ3v) is 12.1. The number of halogens is 4. The Hall–Kier alpha value is -5.78. The average molecular weight is 820 g/mol. The first-order chi connectivity index (χ1) is 28.2. The molecule has 5 heterocycles. The largest absolute Gasteiger partial charge is 0.494 e. The normalized spacial score (nSPS) is 22.9. The minimum atomic E-state index is -4.69. The molecule has 3 atom stereocenters. The molecule has 2 N–H and O–H groups in total. The summed E-state index contributed by atoms with van der Waals surface area (Å²) in [5, 5.41) is 10.5. The highest BCUT2D eigenvalue weighted by molar-refractivity contribution is 6.05. The zero-order chi connectivity index (χ0) is 41.7. The van der Waals surface area contributed by atoms with Gasteiger partial charge in [0.1, 0.15) is 29.4 Å². The summed E-state index contributed by atoms with van der Waals surface area (Å²) in [6.45, 7) is 1.49. The molecule has 1 aliphatic carbocycles. The molecular formula is C41H45F4N9O5. The van der Waals surface area contributed by atoms with E-state index in [-0.39, 0.29) is 54.4 Å². The van der Waals surface area contributed by atoms with E-state index >= 15 is 4.39 Å². The van der Waals surface area contributed by atoms with E-state index in [0.29, 0.717) is 41.2 Å². The van der Waals surface area contributed by atoms with Crippen LogP contribution in [0, 0.1) is 5.92 Å². The van der Waals surface area contributed by atoms with Crippen molar-refractivity contribution in [2.75, 3.05) is 44.0 Å². The summed E-state index contributed by atoms with van der Waals surface area (Å²) in [6, 6.07) is 11.0. The van der Waals surface area contributed by atoms with Gasteiger partial charge in [0.05, 0.1) is 47.6 Å². The van der Waals surface area contributed by atoms with Gasteiger partial charge < -0.3 is 19.9 Å². The SMILES string of the molecule is COc1cc2nn(C3CCC(CN(C)[C@@H]4CCN(c5cccc6c5n(C)c(=O)n6C5CCC(=O)NC5=O)C[C@H]4F)CC3)cc2cc1NC(=O)c1cccc(C(F)(F)F)n1. The maximum atomic E-state index is 16.1. The number of carbonyl (C=O) groups is 3. The molecule has 0 radical (unpaired) electrons. The molecule has 3 fully saturated rings. The van der Waals surface area contributed by atoms with Crippen molar-refractivity contribution in [1.82, 2.24) is 34.1 Å². The number of nitrogens with one attached hydrogen (secondary N) is 2. The molecule has 3 amide bonds. The van der Waals surface area contributed by atoms with Gasteiger partial charge in [-0.2, -0.15) is 18.3 Å². The number of pyridine rings is 1. The summed E-state index contributed by atoms with van der Waals surface area (Å²) in [7, 11) is 5.06. The molecule has 312 valence electrons. The molecule has 5 aromatic rings. The molecule has 14 nitrogen and oxygen atoms in total. The first-order valence-corrected chi connectivity index (χ1v) is 19.8. The molecule has 0 bridgehead atoms. The number of piperidine rings is 2. The predicted octanol–water partition coefficient (Wildman–Crippen LogP) is 5.62. The summed E-state index contributed by atoms with van der Waals surface area (Å²) in [4.78, 5) is 58.4. The molecular weight excluding hydrogens is 775 g/mol. The Balaban J connectivity index is 0.881. The summed E-state index contributed by atoms with van der Waals surface area (Å²) < 4.78 is 66.0. The van der Waals surface area contributed by atoms with E-state index < -0.39 is 35.9 Å². The lowest BCUT2D eigenvalue weighted by molar-refractivity contribution is -0.141. The van der Waals surface area contributed by atoms with Crippen LogP contribution in [-0.4, -0.2) is 92.5 Å². The molecule has 3 aliphatic rings. The lowest BCUT2D eigenvalue weighted by Crippen LogP contribution is -2.52. The number of imidazole rings is 1. The van der Waals surface area contributed by atoms with Gasteiger partial charge in [-0.1, -0.05) is 12.1 Å². The number of amides is 3. The smallest absolute Gasteiger partial charge is 0.433 e. The van der Waals surface area contributed by atoms with Crippen molar-refractivity contribution in [3.8, 4) is 5.75 Å². The van der Waals surface area contributed by atoms with Gasteiger partial charge in [0.15, 0.2) is 0 Å². The average Bonchev–Trinajstić information content (AvgIpc) is 3.74. The first-order valence-electron chi connectivity index (χ1n) is 19.8. The van der Waals surface area contributed by atoms with Crippen LogP contribution in [0.15, 0.2) is 59.5 Å². The van der Waals surface area contributed by atoms with Crippen molar-refractivity contribution in [3.05, 3.63) is 76.6 Å². The third kappa shape index (κ3) is 7.77. The van der Waals surface area contributed by atoms with Crippen LogP contribution >= 0.6 is 0 Å². The van der Waals surface area contributed by atoms with Gasteiger partial charge in [0.25, 0.3) is 5.91 Å². The number of alkyl halides is 4. The number of anilines is 2. The Labute approximate surface area is 336 Å². The monoisotopic (exact) mass is 819 g/mol. The molecule has 1 saturated carbocycles. The molecule has 0 spiro atoms. The van der Waals surface area contributed by atoms with Crippen molar-refractivity contribution >= 4 is 51.0 Å². The number of ether oxygens (including phenoxy) is 1. The van der Waals surface area contributed by atoms with E-state index in [1.807, 2.05) is 35.0 Å². The Morgan fingerprint density at radius 3 is 2.51 bits per heavy atom. The van der Waals surface area contributed by atoms with Crippen molar-refractivity contribution in [2.24, 2.45) is 13.0 Å².